The van der Waals surface area contributed by atoms with E-state index in [1.165, 1.54) is 32.1 Å². The Balaban J connectivity index is 1.17. The Kier molecular flexibility index (Phi) is 5.87. The molecule has 1 spiro atoms. The summed E-state index contributed by atoms with van der Waals surface area (Å²) < 4.78 is 11.9. The molecule has 0 bridgehead atoms. The average molecular weight is 523 g/mol. The summed E-state index contributed by atoms with van der Waals surface area (Å²) in [4.78, 5) is 29.4. The molecule has 0 saturated heterocycles. The zero-order valence-electron chi connectivity index (χ0n) is 22.4. The fourth-order valence-electron chi connectivity index (χ4n) is 7.04. The summed E-state index contributed by atoms with van der Waals surface area (Å²) in [6.07, 6.45) is 7.00. The van der Waals surface area contributed by atoms with Gasteiger partial charge >= 0.3 is 0 Å². The van der Waals surface area contributed by atoms with Gasteiger partial charge in [0.25, 0.3) is 5.91 Å². The maximum atomic E-state index is 14.3. The average Bonchev–Trinajstić information content (AvgIpc) is 3.65. The SMILES string of the molecule is CC(NC(=O)c1cccc(CN2C(=O)C3(COc4cc5c(cc43)CCO5)c3ccccc32)c1)C1CCCCC1. The number of rotatable bonds is 5. The topological polar surface area (TPSA) is 67.9 Å². The first-order chi connectivity index (χ1) is 19.0. The summed E-state index contributed by atoms with van der Waals surface area (Å²) >= 11 is 0. The molecule has 3 aromatic rings. The van der Waals surface area contributed by atoms with E-state index in [-0.39, 0.29) is 24.5 Å². The van der Waals surface area contributed by atoms with Gasteiger partial charge in [-0.15, -0.1) is 0 Å². The van der Waals surface area contributed by atoms with Crippen molar-refractivity contribution in [2.24, 2.45) is 5.92 Å². The highest BCUT2D eigenvalue weighted by Gasteiger charge is 2.57. The van der Waals surface area contributed by atoms with Gasteiger partial charge in [-0.05, 0) is 66.6 Å². The van der Waals surface area contributed by atoms with Crippen LogP contribution in [-0.2, 0) is 23.2 Å². The van der Waals surface area contributed by atoms with Crippen LogP contribution < -0.4 is 19.7 Å². The smallest absolute Gasteiger partial charge is 0.251 e. The van der Waals surface area contributed by atoms with Crippen LogP contribution in [0, 0.1) is 5.92 Å². The normalized spacial score (nSPS) is 22.2. The number of ether oxygens (including phenoxy) is 2. The molecule has 3 aliphatic heterocycles. The van der Waals surface area contributed by atoms with Gasteiger partial charge in [0.15, 0.2) is 0 Å². The minimum Gasteiger partial charge on any atom is -0.493 e. The Morgan fingerprint density at radius 1 is 1.00 bits per heavy atom. The second kappa shape index (κ2) is 9.44. The summed E-state index contributed by atoms with van der Waals surface area (Å²) in [6, 6.07) is 19.9. The van der Waals surface area contributed by atoms with Crippen LogP contribution in [0.15, 0.2) is 60.7 Å². The number of para-hydroxylation sites is 1. The molecule has 6 nitrogen and oxygen atoms in total. The molecule has 39 heavy (non-hydrogen) atoms. The Morgan fingerprint density at radius 3 is 2.72 bits per heavy atom. The molecule has 0 radical (unpaired) electrons. The van der Waals surface area contributed by atoms with Crippen LogP contribution in [0.3, 0.4) is 0 Å². The van der Waals surface area contributed by atoms with E-state index < -0.39 is 5.41 Å². The lowest BCUT2D eigenvalue weighted by atomic mass is 9.76. The van der Waals surface area contributed by atoms with Crippen molar-refractivity contribution >= 4 is 17.5 Å². The molecule has 200 valence electrons. The van der Waals surface area contributed by atoms with Crippen molar-refractivity contribution in [3.8, 4) is 11.5 Å². The van der Waals surface area contributed by atoms with Crippen molar-refractivity contribution in [2.45, 2.75) is 63.5 Å². The first kappa shape index (κ1) is 24.3. The summed E-state index contributed by atoms with van der Waals surface area (Å²) in [6.45, 7) is 3.45. The number of carbonyl (C=O) groups excluding carboxylic acids is 2. The summed E-state index contributed by atoms with van der Waals surface area (Å²) in [7, 11) is 0. The molecule has 3 aromatic carbocycles. The lowest BCUT2D eigenvalue weighted by Crippen LogP contribution is -2.42. The van der Waals surface area contributed by atoms with Crippen molar-refractivity contribution < 1.29 is 19.1 Å². The number of amides is 2. The van der Waals surface area contributed by atoms with E-state index >= 15 is 0 Å². The Bertz CT molecular complexity index is 1460. The molecular weight excluding hydrogens is 488 g/mol. The van der Waals surface area contributed by atoms with E-state index in [1.807, 2.05) is 59.5 Å². The molecule has 1 N–H and O–H groups in total. The molecule has 2 amide bonds. The largest absolute Gasteiger partial charge is 0.493 e. The van der Waals surface area contributed by atoms with Gasteiger partial charge in [0, 0.05) is 35.3 Å². The van der Waals surface area contributed by atoms with Crippen molar-refractivity contribution in [1.82, 2.24) is 5.32 Å². The molecule has 1 fully saturated rings. The lowest BCUT2D eigenvalue weighted by molar-refractivity contribution is -0.122. The van der Waals surface area contributed by atoms with Gasteiger partial charge in [0.05, 0.1) is 13.2 Å². The monoisotopic (exact) mass is 522 g/mol. The minimum absolute atomic E-state index is 0.0158. The second-order valence-corrected chi connectivity index (χ2v) is 11.5. The quantitative estimate of drug-likeness (QED) is 0.478. The van der Waals surface area contributed by atoms with Gasteiger partial charge in [-0.1, -0.05) is 49.6 Å². The highest BCUT2D eigenvalue weighted by molar-refractivity contribution is 6.11. The minimum atomic E-state index is -0.867. The molecule has 2 atom stereocenters. The molecule has 6 heteroatoms. The van der Waals surface area contributed by atoms with Crippen molar-refractivity contribution in [3.63, 3.8) is 0 Å². The summed E-state index contributed by atoms with van der Waals surface area (Å²) in [5, 5.41) is 3.24. The van der Waals surface area contributed by atoms with E-state index in [4.69, 9.17) is 9.47 Å². The summed E-state index contributed by atoms with van der Waals surface area (Å²) in [5.41, 5.74) is 4.62. The van der Waals surface area contributed by atoms with Crippen LogP contribution in [0.1, 0.15) is 71.6 Å². The van der Waals surface area contributed by atoms with Crippen molar-refractivity contribution in [2.75, 3.05) is 18.1 Å². The van der Waals surface area contributed by atoms with Gasteiger partial charge in [-0.2, -0.15) is 0 Å². The Labute approximate surface area is 229 Å². The van der Waals surface area contributed by atoms with Crippen molar-refractivity contribution in [1.29, 1.82) is 0 Å². The Morgan fingerprint density at radius 2 is 1.85 bits per heavy atom. The van der Waals surface area contributed by atoms with E-state index in [0.717, 1.165) is 45.9 Å². The van der Waals surface area contributed by atoms with Crippen LogP contribution in [0.4, 0.5) is 5.69 Å². The molecule has 0 aromatic heterocycles. The Hall–Kier alpha value is -3.80. The molecule has 1 aliphatic carbocycles. The zero-order valence-corrected chi connectivity index (χ0v) is 22.4. The van der Waals surface area contributed by atoms with Gasteiger partial charge in [0.2, 0.25) is 5.91 Å². The van der Waals surface area contributed by atoms with Gasteiger partial charge in [0.1, 0.15) is 23.5 Å². The highest BCUT2D eigenvalue weighted by Crippen LogP contribution is 2.54. The standard InChI is InChI=1S/C33H34N2O4/c1-21(23-9-3-2-4-10-23)34-31(36)25-11-7-8-22(16-25)19-35-28-13-6-5-12-26(28)33(32(35)37)20-39-30-18-29-24(14-15-38-29)17-27(30)33/h5-8,11-13,16-18,21,23H,2-4,9-10,14-15,19-20H2,1H3,(H,34,36). The molecule has 7 rings (SSSR count). The molecule has 3 heterocycles. The lowest BCUT2D eigenvalue weighted by Gasteiger charge is -2.28. The molecule has 4 aliphatic rings. The third-order valence-corrected chi connectivity index (χ3v) is 9.21. The van der Waals surface area contributed by atoms with Crippen LogP contribution in [0.2, 0.25) is 0 Å². The molecule has 2 unspecified atom stereocenters. The number of hydrogen-bond donors (Lipinski definition) is 1. The van der Waals surface area contributed by atoms with Gasteiger partial charge in [-0.25, -0.2) is 0 Å². The van der Waals surface area contributed by atoms with E-state index in [9.17, 15) is 9.59 Å². The van der Waals surface area contributed by atoms with Crippen molar-refractivity contribution in [3.05, 3.63) is 88.5 Å². The number of fused-ring (bicyclic) bond motifs is 5. The van der Waals surface area contributed by atoms with E-state index in [0.29, 0.717) is 24.6 Å². The number of carbonyl (C=O) groups is 2. The maximum absolute atomic E-state index is 14.3. The fraction of sp³-hybridized carbons (Fsp3) is 0.394. The fourth-order valence-corrected chi connectivity index (χ4v) is 7.04. The van der Waals surface area contributed by atoms with Crippen LogP contribution in [-0.4, -0.2) is 31.1 Å². The van der Waals surface area contributed by atoms with Crippen LogP contribution in [0.25, 0.3) is 0 Å². The van der Waals surface area contributed by atoms with E-state index in [2.05, 4.69) is 18.3 Å². The van der Waals surface area contributed by atoms with Gasteiger partial charge < -0.3 is 19.7 Å². The predicted octanol–water partition coefficient (Wildman–Crippen LogP) is 5.55. The third-order valence-electron chi connectivity index (χ3n) is 9.21. The highest BCUT2D eigenvalue weighted by atomic mass is 16.5. The number of benzene rings is 3. The van der Waals surface area contributed by atoms with Gasteiger partial charge in [-0.3, -0.25) is 9.59 Å². The number of anilines is 1. The summed E-state index contributed by atoms with van der Waals surface area (Å²) in [5.74, 6) is 2.10. The number of nitrogens with zero attached hydrogens (tertiary/aromatic N) is 1. The first-order valence-electron chi connectivity index (χ1n) is 14.3. The number of hydrogen-bond acceptors (Lipinski definition) is 4. The zero-order chi connectivity index (χ0) is 26.6. The van der Waals surface area contributed by atoms with E-state index in [1.54, 1.807) is 0 Å². The second-order valence-electron chi connectivity index (χ2n) is 11.5. The molecule has 1 saturated carbocycles. The number of nitrogens with one attached hydrogen (secondary N) is 1. The van der Waals surface area contributed by atoms with Crippen LogP contribution in [0.5, 0.6) is 11.5 Å². The molecular formula is C33H34N2O4. The predicted molar refractivity (Wildman–Crippen MR) is 149 cm³/mol. The van der Waals surface area contributed by atoms with Crippen LogP contribution >= 0.6 is 0 Å². The first-order valence-corrected chi connectivity index (χ1v) is 14.3. The maximum Gasteiger partial charge on any atom is 0.251 e. The third kappa shape index (κ3) is 3.91.